The fourth-order valence-corrected chi connectivity index (χ4v) is 2.09. The zero-order valence-corrected chi connectivity index (χ0v) is 10.9. The first-order valence-electron chi connectivity index (χ1n) is 6.43. The van der Waals surface area contributed by atoms with E-state index in [0.717, 1.165) is 11.0 Å². The smallest absolute Gasteiger partial charge is 0.332 e. The second-order valence-corrected chi connectivity index (χ2v) is 4.39. The minimum atomic E-state index is -0.440. The van der Waals surface area contributed by atoms with Crippen molar-refractivity contribution in [3.8, 4) is 0 Å². The lowest BCUT2D eigenvalue weighted by molar-refractivity contribution is 0.438. The van der Waals surface area contributed by atoms with Gasteiger partial charge in [-0.2, -0.15) is 0 Å². The number of H-pyrrole nitrogens is 1. The van der Waals surface area contributed by atoms with Crippen LogP contribution in [0.3, 0.4) is 0 Å². The van der Waals surface area contributed by atoms with Crippen molar-refractivity contribution >= 4 is 11.2 Å². The highest BCUT2D eigenvalue weighted by Crippen LogP contribution is 2.03. The number of unbranched alkanes of at least 4 members (excludes halogenated alkanes) is 1. The number of halogens is 1. The maximum Gasteiger partial charge on any atom is 0.332 e. The Morgan fingerprint density at radius 3 is 2.74 bits per heavy atom. The molecule has 2 heterocycles. The highest BCUT2D eigenvalue weighted by Gasteiger charge is 2.14. The highest BCUT2D eigenvalue weighted by molar-refractivity contribution is 5.68. The van der Waals surface area contributed by atoms with Gasteiger partial charge in [-0.3, -0.25) is 18.3 Å². The lowest BCUT2D eigenvalue weighted by Crippen LogP contribution is -2.40. The van der Waals surface area contributed by atoms with E-state index in [1.54, 1.807) is 0 Å². The molecule has 0 spiro atoms. The molecule has 0 bridgehead atoms. The summed E-state index contributed by atoms with van der Waals surface area (Å²) in [6, 6.07) is 0. The predicted molar refractivity (Wildman–Crippen MR) is 70.1 cm³/mol. The second kappa shape index (κ2) is 5.81. The zero-order chi connectivity index (χ0) is 13.8. The number of alkyl halides is 1. The molecule has 0 fully saturated rings. The van der Waals surface area contributed by atoms with Crippen LogP contribution in [0.5, 0.6) is 0 Å². The molecule has 2 aromatic rings. The van der Waals surface area contributed by atoms with Gasteiger partial charge in [-0.25, -0.2) is 9.78 Å². The van der Waals surface area contributed by atoms with Gasteiger partial charge in [0.15, 0.2) is 5.65 Å². The average molecular weight is 268 g/mol. The van der Waals surface area contributed by atoms with Gasteiger partial charge in [0, 0.05) is 13.1 Å². The molecule has 104 valence electrons. The Kier molecular flexibility index (Phi) is 4.13. The number of aryl methyl sites for hydroxylation is 1. The molecule has 0 aromatic carbocycles. The Morgan fingerprint density at radius 1 is 1.26 bits per heavy atom. The fourth-order valence-electron chi connectivity index (χ4n) is 2.09. The van der Waals surface area contributed by atoms with E-state index >= 15 is 0 Å². The summed E-state index contributed by atoms with van der Waals surface area (Å²) in [7, 11) is 0. The van der Waals surface area contributed by atoms with E-state index in [-0.39, 0.29) is 17.8 Å². The average Bonchev–Trinajstić information content (AvgIpc) is 2.88. The van der Waals surface area contributed by atoms with E-state index in [9.17, 15) is 14.0 Å². The van der Waals surface area contributed by atoms with Crippen LogP contribution in [-0.4, -0.2) is 25.8 Å². The number of aromatic nitrogens is 4. The molecule has 0 aliphatic rings. The molecule has 19 heavy (non-hydrogen) atoms. The topological polar surface area (TPSA) is 72.7 Å². The number of nitrogens with one attached hydrogen (secondary N) is 1. The van der Waals surface area contributed by atoms with Crippen molar-refractivity contribution in [1.82, 2.24) is 19.1 Å². The summed E-state index contributed by atoms with van der Waals surface area (Å²) in [5, 5.41) is 0. The van der Waals surface area contributed by atoms with E-state index < -0.39 is 6.67 Å². The summed E-state index contributed by atoms with van der Waals surface area (Å²) in [6.45, 7) is 2.25. The van der Waals surface area contributed by atoms with Crippen LogP contribution in [0, 0.1) is 0 Å². The van der Waals surface area contributed by atoms with Gasteiger partial charge in [0.05, 0.1) is 13.0 Å². The summed E-state index contributed by atoms with van der Waals surface area (Å²) in [6.07, 6.45) is 2.99. The van der Waals surface area contributed by atoms with Crippen molar-refractivity contribution in [2.45, 2.75) is 39.3 Å². The van der Waals surface area contributed by atoms with Crippen LogP contribution < -0.4 is 11.2 Å². The highest BCUT2D eigenvalue weighted by atomic mass is 19.1. The molecule has 0 saturated carbocycles. The van der Waals surface area contributed by atoms with Gasteiger partial charge in [-0.1, -0.05) is 6.92 Å². The van der Waals surface area contributed by atoms with Crippen molar-refractivity contribution in [1.29, 1.82) is 0 Å². The molecule has 7 heteroatoms. The third-order valence-corrected chi connectivity index (χ3v) is 3.01. The van der Waals surface area contributed by atoms with Crippen LogP contribution in [0.2, 0.25) is 0 Å². The molecule has 2 aromatic heterocycles. The van der Waals surface area contributed by atoms with Crippen LogP contribution in [0.15, 0.2) is 15.9 Å². The van der Waals surface area contributed by atoms with E-state index in [0.29, 0.717) is 30.6 Å². The Hall–Kier alpha value is -1.92. The summed E-state index contributed by atoms with van der Waals surface area (Å²) in [5.41, 5.74) is -0.0408. The Balaban J connectivity index is 2.56. The SMILES string of the molecule is CCCn1c(=O)n(CCCCF)c(=O)c2[nH]cnc21. The third-order valence-electron chi connectivity index (χ3n) is 3.01. The fraction of sp³-hybridized carbons (Fsp3) is 0.583. The predicted octanol–water partition coefficient (Wildman–Crippen LogP) is 1.05. The molecule has 0 atom stereocenters. The molecule has 0 saturated heterocycles. The van der Waals surface area contributed by atoms with Crippen molar-refractivity contribution < 1.29 is 4.39 Å². The lowest BCUT2D eigenvalue weighted by Gasteiger charge is -2.09. The molecule has 0 unspecified atom stereocenters. The third kappa shape index (κ3) is 2.45. The number of hydrogen-bond acceptors (Lipinski definition) is 3. The number of imidazole rings is 1. The monoisotopic (exact) mass is 268 g/mol. The molecular formula is C12H17FN4O2. The van der Waals surface area contributed by atoms with Crippen LogP contribution in [0.25, 0.3) is 11.2 Å². The van der Waals surface area contributed by atoms with Gasteiger partial charge >= 0.3 is 5.69 Å². The van der Waals surface area contributed by atoms with Gasteiger partial charge in [-0.05, 0) is 19.3 Å². The molecule has 0 radical (unpaired) electrons. The van der Waals surface area contributed by atoms with Crippen molar-refractivity contribution in [2.75, 3.05) is 6.67 Å². The molecule has 0 aliphatic heterocycles. The quantitative estimate of drug-likeness (QED) is 0.796. The van der Waals surface area contributed by atoms with E-state index in [1.165, 1.54) is 10.9 Å². The van der Waals surface area contributed by atoms with Crippen molar-refractivity contribution in [2.24, 2.45) is 0 Å². The number of rotatable bonds is 6. The maximum atomic E-state index is 12.3. The Morgan fingerprint density at radius 2 is 2.05 bits per heavy atom. The van der Waals surface area contributed by atoms with Crippen LogP contribution >= 0.6 is 0 Å². The summed E-state index contributed by atoms with van der Waals surface area (Å²) in [5.74, 6) is 0. The first kappa shape index (κ1) is 13.5. The molecule has 2 rings (SSSR count). The number of hydrogen-bond donors (Lipinski definition) is 1. The Labute approximate surface area is 108 Å². The largest absolute Gasteiger partial charge is 0.339 e. The zero-order valence-electron chi connectivity index (χ0n) is 10.9. The van der Waals surface area contributed by atoms with E-state index in [1.807, 2.05) is 6.92 Å². The van der Waals surface area contributed by atoms with Crippen LogP contribution in [-0.2, 0) is 13.1 Å². The summed E-state index contributed by atoms with van der Waals surface area (Å²) >= 11 is 0. The normalized spacial score (nSPS) is 11.3. The van der Waals surface area contributed by atoms with Gasteiger partial charge in [0.25, 0.3) is 5.56 Å². The molecule has 0 amide bonds. The standard InChI is InChI=1S/C12H17FN4O2/c1-2-6-16-10-9(14-8-15-10)11(18)17(12(16)19)7-4-3-5-13/h8H,2-7H2,1H3,(H,14,15). The first-order valence-corrected chi connectivity index (χ1v) is 6.43. The number of fused-ring (bicyclic) bond motifs is 1. The van der Waals surface area contributed by atoms with Gasteiger partial charge in [-0.15, -0.1) is 0 Å². The maximum absolute atomic E-state index is 12.3. The summed E-state index contributed by atoms with van der Waals surface area (Å²) in [4.78, 5) is 31.2. The molecule has 0 aliphatic carbocycles. The van der Waals surface area contributed by atoms with E-state index in [4.69, 9.17) is 0 Å². The van der Waals surface area contributed by atoms with Crippen LogP contribution in [0.1, 0.15) is 26.2 Å². The van der Waals surface area contributed by atoms with Crippen molar-refractivity contribution in [3.05, 3.63) is 27.2 Å². The number of nitrogens with zero attached hydrogens (tertiary/aromatic N) is 3. The first-order chi connectivity index (χ1) is 9.20. The molecular weight excluding hydrogens is 251 g/mol. The van der Waals surface area contributed by atoms with Crippen LogP contribution in [0.4, 0.5) is 4.39 Å². The molecule has 6 nitrogen and oxygen atoms in total. The van der Waals surface area contributed by atoms with Gasteiger partial charge in [0.1, 0.15) is 5.52 Å². The Bertz CT molecular complexity index is 670. The lowest BCUT2D eigenvalue weighted by atomic mass is 10.3. The minimum absolute atomic E-state index is 0.236. The minimum Gasteiger partial charge on any atom is -0.339 e. The second-order valence-electron chi connectivity index (χ2n) is 4.39. The van der Waals surface area contributed by atoms with E-state index in [2.05, 4.69) is 9.97 Å². The van der Waals surface area contributed by atoms with Gasteiger partial charge in [0.2, 0.25) is 0 Å². The van der Waals surface area contributed by atoms with Gasteiger partial charge < -0.3 is 4.98 Å². The summed E-state index contributed by atoms with van der Waals surface area (Å²) < 4.78 is 14.8. The molecule has 1 N–H and O–H groups in total. The van der Waals surface area contributed by atoms with Crippen molar-refractivity contribution in [3.63, 3.8) is 0 Å². The number of aromatic amines is 1.